The monoisotopic (exact) mass is 410 g/mol. The lowest BCUT2D eigenvalue weighted by molar-refractivity contribution is 0.0763. The summed E-state index contributed by atoms with van der Waals surface area (Å²) in [7, 11) is 1.59. The number of halogens is 1. The highest BCUT2D eigenvalue weighted by Crippen LogP contribution is 2.25. The van der Waals surface area contributed by atoms with Crippen LogP contribution in [0.25, 0.3) is 11.3 Å². The first-order valence-electron chi connectivity index (χ1n) is 9.64. The van der Waals surface area contributed by atoms with Gasteiger partial charge in [0.1, 0.15) is 5.75 Å². The van der Waals surface area contributed by atoms with E-state index < -0.39 is 0 Å². The molecule has 1 aromatic heterocycles. The van der Waals surface area contributed by atoms with Gasteiger partial charge in [0.15, 0.2) is 5.82 Å². The summed E-state index contributed by atoms with van der Waals surface area (Å²) >= 11 is 5.97. The highest BCUT2D eigenvalue weighted by atomic mass is 35.5. The molecule has 1 saturated heterocycles. The van der Waals surface area contributed by atoms with E-state index in [0.29, 0.717) is 29.4 Å². The molecule has 0 bridgehead atoms. The number of H-pyrrole nitrogens is 1. The molecule has 29 heavy (non-hydrogen) atoms. The van der Waals surface area contributed by atoms with Crippen molar-refractivity contribution in [2.24, 2.45) is 0 Å². The summed E-state index contributed by atoms with van der Waals surface area (Å²) in [5.41, 5.74) is 2.59. The number of benzene rings is 2. The third-order valence-corrected chi connectivity index (χ3v) is 5.42. The third kappa shape index (κ3) is 4.22. The van der Waals surface area contributed by atoms with E-state index in [9.17, 15) is 4.79 Å². The van der Waals surface area contributed by atoms with Gasteiger partial charge in [-0.2, -0.15) is 5.10 Å². The number of aromatic amines is 1. The molecule has 2 aromatic carbocycles. The quantitative estimate of drug-likeness (QED) is 0.703. The summed E-state index contributed by atoms with van der Waals surface area (Å²) in [5.74, 6) is 1.51. The van der Waals surface area contributed by atoms with Gasteiger partial charge in [-0.25, -0.2) is 0 Å². The topological polar surface area (TPSA) is 61.5 Å². The summed E-state index contributed by atoms with van der Waals surface area (Å²) < 4.78 is 5.35. The SMILES string of the molecule is COc1ccccc1C(=O)N1CCCN(c2cc(-c3ccc(Cl)cc3)[nH]n2)CC1. The molecule has 1 N–H and O–H groups in total. The van der Waals surface area contributed by atoms with Crippen LogP contribution in [0.15, 0.2) is 54.6 Å². The van der Waals surface area contributed by atoms with Gasteiger partial charge >= 0.3 is 0 Å². The number of carbonyl (C=O) groups excluding carboxylic acids is 1. The molecule has 6 nitrogen and oxygen atoms in total. The molecule has 0 spiro atoms. The van der Waals surface area contributed by atoms with Gasteiger partial charge in [0, 0.05) is 37.3 Å². The number of hydrogen-bond acceptors (Lipinski definition) is 4. The number of nitrogens with zero attached hydrogens (tertiary/aromatic N) is 3. The molecule has 0 unspecified atom stereocenters. The molecule has 0 atom stereocenters. The van der Waals surface area contributed by atoms with Crippen LogP contribution in [0.1, 0.15) is 16.8 Å². The summed E-state index contributed by atoms with van der Waals surface area (Å²) in [6.07, 6.45) is 0.879. The molecule has 0 radical (unpaired) electrons. The fourth-order valence-corrected chi connectivity index (χ4v) is 3.72. The van der Waals surface area contributed by atoms with Gasteiger partial charge < -0.3 is 14.5 Å². The molecule has 4 rings (SSSR count). The Morgan fingerprint density at radius 1 is 1.07 bits per heavy atom. The number of nitrogens with one attached hydrogen (secondary N) is 1. The maximum atomic E-state index is 13.0. The number of ether oxygens (including phenoxy) is 1. The Labute approximate surface area is 175 Å². The lowest BCUT2D eigenvalue weighted by Gasteiger charge is -2.22. The fraction of sp³-hybridized carbons (Fsp3) is 0.273. The first kappa shape index (κ1) is 19.3. The van der Waals surface area contributed by atoms with Gasteiger partial charge in [-0.15, -0.1) is 0 Å². The van der Waals surface area contributed by atoms with Crippen LogP contribution in [0, 0.1) is 0 Å². The van der Waals surface area contributed by atoms with Crippen LogP contribution in [0.3, 0.4) is 0 Å². The Kier molecular flexibility index (Phi) is 5.71. The van der Waals surface area contributed by atoms with E-state index in [2.05, 4.69) is 15.1 Å². The van der Waals surface area contributed by atoms with E-state index in [1.54, 1.807) is 7.11 Å². The molecule has 0 aliphatic carbocycles. The minimum absolute atomic E-state index is 0.00758. The number of methoxy groups -OCH3 is 1. The minimum Gasteiger partial charge on any atom is -0.496 e. The van der Waals surface area contributed by atoms with Crippen LogP contribution in [-0.4, -0.2) is 54.3 Å². The van der Waals surface area contributed by atoms with E-state index in [1.165, 1.54) is 0 Å². The van der Waals surface area contributed by atoms with Crippen molar-refractivity contribution in [3.63, 3.8) is 0 Å². The molecule has 1 aliphatic rings. The largest absolute Gasteiger partial charge is 0.496 e. The van der Waals surface area contributed by atoms with Crippen molar-refractivity contribution in [1.82, 2.24) is 15.1 Å². The average Bonchev–Trinajstić information content (AvgIpc) is 3.11. The first-order chi connectivity index (χ1) is 14.2. The van der Waals surface area contributed by atoms with Crippen molar-refractivity contribution in [1.29, 1.82) is 0 Å². The summed E-state index contributed by atoms with van der Waals surface area (Å²) in [6.45, 7) is 2.92. The van der Waals surface area contributed by atoms with Crippen molar-refractivity contribution < 1.29 is 9.53 Å². The first-order valence-corrected chi connectivity index (χ1v) is 10.0. The molecule has 1 fully saturated rings. The maximum Gasteiger partial charge on any atom is 0.257 e. The van der Waals surface area contributed by atoms with E-state index in [4.69, 9.17) is 16.3 Å². The maximum absolute atomic E-state index is 13.0. The lowest BCUT2D eigenvalue weighted by atomic mass is 10.1. The van der Waals surface area contributed by atoms with Crippen molar-refractivity contribution in [2.75, 3.05) is 38.2 Å². The number of aromatic nitrogens is 2. The smallest absolute Gasteiger partial charge is 0.257 e. The third-order valence-electron chi connectivity index (χ3n) is 5.16. The standard InChI is InChI=1S/C22H23ClN4O2/c1-29-20-6-3-2-5-18(20)22(28)27-12-4-11-26(13-14-27)21-15-19(24-25-21)16-7-9-17(23)10-8-16/h2-3,5-10,15H,4,11-14H2,1H3,(H,24,25). The second kappa shape index (κ2) is 8.57. The van der Waals surface area contributed by atoms with Gasteiger partial charge in [-0.05, 0) is 36.2 Å². The Bertz CT molecular complexity index is 986. The lowest BCUT2D eigenvalue weighted by Crippen LogP contribution is -2.35. The zero-order chi connectivity index (χ0) is 20.2. The van der Waals surface area contributed by atoms with Crippen molar-refractivity contribution >= 4 is 23.3 Å². The molecule has 1 aliphatic heterocycles. The van der Waals surface area contributed by atoms with Crippen LogP contribution in [0.5, 0.6) is 5.75 Å². The second-order valence-corrected chi connectivity index (χ2v) is 7.42. The number of anilines is 1. The van der Waals surface area contributed by atoms with Crippen molar-refractivity contribution in [3.05, 3.63) is 65.2 Å². The van der Waals surface area contributed by atoms with E-state index in [-0.39, 0.29) is 5.91 Å². The fourth-order valence-electron chi connectivity index (χ4n) is 3.59. The summed E-state index contributed by atoms with van der Waals surface area (Å²) in [5, 5.41) is 8.29. The highest BCUT2D eigenvalue weighted by molar-refractivity contribution is 6.30. The van der Waals surface area contributed by atoms with Gasteiger partial charge in [0.2, 0.25) is 0 Å². The Balaban J connectivity index is 1.45. The molecule has 0 saturated carbocycles. The van der Waals surface area contributed by atoms with E-state index in [0.717, 1.165) is 36.6 Å². The summed E-state index contributed by atoms with van der Waals surface area (Å²) in [4.78, 5) is 17.1. The van der Waals surface area contributed by atoms with Gasteiger partial charge in [0.05, 0.1) is 18.4 Å². The highest BCUT2D eigenvalue weighted by Gasteiger charge is 2.23. The van der Waals surface area contributed by atoms with Gasteiger partial charge in [-0.1, -0.05) is 35.9 Å². The Hall–Kier alpha value is -2.99. The molecule has 150 valence electrons. The predicted octanol–water partition coefficient (Wildman–Crippen LogP) is 4.09. The number of amides is 1. The van der Waals surface area contributed by atoms with Gasteiger partial charge in [-0.3, -0.25) is 9.89 Å². The van der Waals surface area contributed by atoms with Crippen molar-refractivity contribution in [3.8, 4) is 17.0 Å². The molecule has 1 amide bonds. The molecular formula is C22H23ClN4O2. The Morgan fingerprint density at radius 3 is 2.66 bits per heavy atom. The van der Waals surface area contributed by atoms with Crippen LogP contribution in [0.4, 0.5) is 5.82 Å². The average molecular weight is 411 g/mol. The second-order valence-electron chi connectivity index (χ2n) is 6.98. The number of rotatable bonds is 4. The predicted molar refractivity (Wildman–Crippen MR) is 115 cm³/mol. The zero-order valence-corrected chi connectivity index (χ0v) is 17.0. The summed E-state index contributed by atoms with van der Waals surface area (Å²) in [6, 6.07) is 17.1. The minimum atomic E-state index is 0.00758. The van der Waals surface area contributed by atoms with Crippen LogP contribution in [0.2, 0.25) is 5.02 Å². The normalized spacial score (nSPS) is 14.6. The molecule has 3 aromatic rings. The number of para-hydroxylation sites is 1. The number of hydrogen-bond donors (Lipinski definition) is 1. The van der Waals surface area contributed by atoms with Crippen LogP contribution < -0.4 is 9.64 Å². The van der Waals surface area contributed by atoms with Crippen molar-refractivity contribution in [2.45, 2.75) is 6.42 Å². The van der Waals surface area contributed by atoms with Crippen LogP contribution in [-0.2, 0) is 0 Å². The van der Waals surface area contributed by atoms with E-state index >= 15 is 0 Å². The molecule has 7 heteroatoms. The molecular weight excluding hydrogens is 388 g/mol. The molecule has 2 heterocycles. The zero-order valence-electron chi connectivity index (χ0n) is 16.3. The Morgan fingerprint density at radius 2 is 1.86 bits per heavy atom. The van der Waals surface area contributed by atoms with E-state index in [1.807, 2.05) is 59.5 Å². The number of carbonyl (C=O) groups is 1. The van der Waals surface area contributed by atoms with Gasteiger partial charge in [0.25, 0.3) is 5.91 Å². The van der Waals surface area contributed by atoms with Crippen LogP contribution >= 0.6 is 11.6 Å².